The van der Waals surface area contributed by atoms with Gasteiger partial charge in [-0.15, -0.1) is 11.8 Å². The number of hydrogen-bond acceptors (Lipinski definition) is 7. The number of carboxylic acid groups (broad SMARTS) is 1. The fourth-order valence-electron chi connectivity index (χ4n) is 3.37. The van der Waals surface area contributed by atoms with Crippen molar-refractivity contribution >= 4 is 23.5 Å². The van der Waals surface area contributed by atoms with Crippen LogP contribution in [0.3, 0.4) is 0 Å². The molecule has 146 valence electrons. The molecule has 2 aliphatic rings. The number of morpholine rings is 1. The Morgan fingerprint density at radius 1 is 1.37 bits per heavy atom. The van der Waals surface area contributed by atoms with Crippen LogP contribution in [0.15, 0.2) is 5.03 Å². The fourth-order valence-corrected chi connectivity index (χ4v) is 4.32. The van der Waals surface area contributed by atoms with Crippen LogP contribution >= 0.6 is 11.8 Å². The SMILES string of the molecule is CC1(C)Cc2c(C#N)c(SCCCC(=O)O)nc(N3CCOCC3)c2CO1. The molecule has 1 aromatic heterocycles. The monoisotopic (exact) mass is 391 g/mol. The number of carbonyl (C=O) groups is 1. The second-order valence-electron chi connectivity index (χ2n) is 7.35. The van der Waals surface area contributed by atoms with E-state index >= 15 is 0 Å². The third kappa shape index (κ3) is 4.72. The average Bonchev–Trinajstić information content (AvgIpc) is 2.64. The normalized spacial score (nSPS) is 18.6. The number of nitriles is 1. The molecule has 1 saturated heterocycles. The van der Waals surface area contributed by atoms with Gasteiger partial charge in [-0.25, -0.2) is 4.98 Å². The minimum atomic E-state index is -0.803. The van der Waals surface area contributed by atoms with Crippen LogP contribution in [0.5, 0.6) is 0 Å². The molecular formula is C19H25N3O4S. The molecule has 3 rings (SSSR count). The van der Waals surface area contributed by atoms with Crippen molar-refractivity contribution in [3.05, 3.63) is 16.7 Å². The number of hydrogen-bond donors (Lipinski definition) is 1. The molecule has 0 radical (unpaired) electrons. The lowest BCUT2D eigenvalue weighted by Crippen LogP contribution is -2.39. The Bertz CT molecular complexity index is 754. The van der Waals surface area contributed by atoms with Gasteiger partial charge in [-0.05, 0) is 25.8 Å². The number of nitrogens with zero attached hydrogens (tertiary/aromatic N) is 3. The predicted octanol–water partition coefficient (Wildman–Crippen LogP) is 2.60. The van der Waals surface area contributed by atoms with Gasteiger partial charge in [-0.2, -0.15) is 5.26 Å². The molecule has 0 aromatic carbocycles. The first-order valence-corrected chi connectivity index (χ1v) is 10.2. The van der Waals surface area contributed by atoms with E-state index in [1.54, 1.807) is 0 Å². The highest BCUT2D eigenvalue weighted by Crippen LogP contribution is 2.38. The van der Waals surface area contributed by atoms with E-state index < -0.39 is 5.97 Å². The molecule has 27 heavy (non-hydrogen) atoms. The van der Waals surface area contributed by atoms with Gasteiger partial charge >= 0.3 is 5.97 Å². The number of thioether (sulfide) groups is 1. The van der Waals surface area contributed by atoms with E-state index in [-0.39, 0.29) is 12.0 Å². The molecular weight excluding hydrogens is 366 g/mol. The van der Waals surface area contributed by atoms with Crippen molar-refractivity contribution in [2.45, 2.75) is 50.3 Å². The third-order valence-electron chi connectivity index (χ3n) is 4.76. The standard InChI is InChI=1S/C19H25N3O4S/c1-19(2)10-13-14(11-20)18(27-9-3-4-16(23)24)21-17(15(13)12-26-19)22-5-7-25-8-6-22/h3-10,12H2,1-2H3,(H,23,24). The van der Waals surface area contributed by atoms with Crippen molar-refractivity contribution < 1.29 is 19.4 Å². The Morgan fingerprint density at radius 3 is 2.78 bits per heavy atom. The Morgan fingerprint density at radius 2 is 2.11 bits per heavy atom. The predicted molar refractivity (Wildman–Crippen MR) is 102 cm³/mol. The van der Waals surface area contributed by atoms with Gasteiger partial charge in [0.25, 0.3) is 0 Å². The maximum Gasteiger partial charge on any atom is 0.303 e. The fraction of sp³-hybridized carbons (Fsp3) is 0.632. The number of rotatable bonds is 6. The highest BCUT2D eigenvalue weighted by atomic mass is 32.2. The van der Waals surface area contributed by atoms with Crippen molar-refractivity contribution in [2.75, 3.05) is 37.0 Å². The van der Waals surface area contributed by atoms with Gasteiger partial charge in [0.15, 0.2) is 0 Å². The largest absolute Gasteiger partial charge is 0.481 e. The van der Waals surface area contributed by atoms with E-state index in [4.69, 9.17) is 19.6 Å². The Balaban J connectivity index is 1.96. The summed E-state index contributed by atoms with van der Waals surface area (Å²) in [5.41, 5.74) is 2.31. The summed E-state index contributed by atoms with van der Waals surface area (Å²) in [5, 5.41) is 19.3. The molecule has 2 aliphatic heterocycles. The molecule has 3 heterocycles. The number of pyridine rings is 1. The lowest BCUT2D eigenvalue weighted by molar-refractivity contribution is -0.137. The van der Waals surface area contributed by atoms with E-state index in [9.17, 15) is 10.1 Å². The van der Waals surface area contributed by atoms with Gasteiger partial charge in [-0.1, -0.05) is 0 Å². The molecule has 1 fully saturated rings. The van der Waals surface area contributed by atoms with Crippen LogP contribution in [0, 0.1) is 11.3 Å². The van der Waals surface area contributed by atoms with Crippen molar-refractivity contribution in [1.82, 2.24) is 4.98 Å². The first-order chi connectivity index (χ1) is 12.9. The smallest absolute Gasteiger partial charge is 0.303 e. The number of ether oxygens (including phenoxy) is 2. The summed E-state index contributed by atoms with van der Waals surface area (Å²) in [4.78, 5) is 17.8. The number of aromatic nitrogens is 1. The zero-order valence-corrected chi connectivity index (χ0v) is 16.6. The summed E-state index contributed by atoms with van der Waals surface area (Å²) in [7, 11) is 0. The number of fused-ring (bicyclic) bond motifs is 1. The van der Waals surface area contributed by atoms with E-state index in [0.717, 1.165) is 30.0 Å². The van der Waals surface area contributed by atoms with Crippen LogP contribution in [-0.2, 0) is 27.3 Å². The number of aliphatic carboxylic acids is 1. The highest BCUT2D eigenvalue weighted by Gasteiger charge is 2.33. The van der Waals surface area contributed by atoms with Crippen LogP contribution in [0.25, 0.3) is 0 Å². The van der Waals surface area contributed by atoms with Gasteiger partial charge < -0.3 is 19.5 Å². The van der Waals surface area contributed by atoms with E-state index in [2.05, 4.69) is 11.0 Å². The molecule has 1 N–H and O–H groups in total. The summed E-state index contributed by atoms with van der Waals surface area (Å²) >= 11 is 1.47. The lowest BCUT2D eigenvalue weighted by Gasteiger charge is -2.36. The Kier molecular flexibility index (Phi) is 6.25. The maximum absolute atomic E-state index is 10.7. The number of carboxylic acids is 1. The third-order valence-corrected chi connectivity index (χ3v) is 5.82. The molecule has 0 bridgehead atoms. The Labute approximate surface area is 163 Å². The summed E-state index contributed by atoms with van der Waals surface area (Å²) in [6, 6.07) is 2.34. The molecule has 0 aliphatic carbocycles. The molecule has 1 aromatic rings. The van der Waals surface area contributed by atoms with Crippen LogP contribution < -0.4 is 4.90 Å². The summed E-state index contributed by atoms with van der Waals surface area (Å²) < 4.78 is 11.5. The summed E-state index contributed by atoms with van der Waals surface area (Å²) in [6.07, 6.45) is 1.33. The molecule has 7 nitrogen and oxygen atoms in total. The quantitative estimate of drug-likeness (QED) is 0.584. The van der Waals surface area contributed by atoms with Gasteiger partial charge in [-0.3, -0.25) is 4.79 Å². The van der Waals surface area contributed by atoms with Crippen LogP contribution in [0.4, 0.5) is 5.82 Å². The van der Waals surface area contributed by atoms with Crippen LogP contribution in [0.2, 0.25) is 0 Å². The molecule has 8 heteroatoms. The topological polar surface area (TPSA) is 95.7 Å². The first kappa shape index (κ1) is 19.9. The van der Waals surface area contributed by atoms with Crippen LogP contribution in [0.1, 0.15) is 43.4 Å². The summed E-state index contributed by atoms with van der Waals surface area (Å²) in [5.74, 6) is 0.695. The molecule has 0 amide bonds. The zero-order valence-electron chi connectivity index (χ0n) is 15.8. The zero-order chi connectivity index (χ0) is 19.4. The minimum absolute atomic E-state index is 0.122. The van der Waals surface area contributed by atoms with Gasteiger partial charge in [0.2, 0.25) is 0 Å². The molecule has 0 saturated carbocycles. The van der Waals surface area contributed by atoms with Crippen molar-refractivity contribution in [1.29, 1.82) is 5.26 Å². The molecule has 0 spiro atoms. The lowest BCUT2D eigenvalue weighted by atomic mass is 9.89. The second kappa shape index (κ2) is 8.46. The first-order valence-electron chi connectivity index (χ1n) is 9.18. The Hall–Kier alpha value is -1.82. The van der Waals surface area contributed by atoms with E-state index in [1.165, 1.54) is 11.8 Å². The van der Waals surface area contributed by atoms with E-state index in [0.29, 0.717) is 49.0 Å². The van der Waals surface area contributed by atoms with Gasteiger partial charge in [0.1, 0.15) is 16.9 Å². The number of anilines is 1. The van der Waals surface area contributed by atoms with E-state index in [1.807, 2.05) is 13.8 Å². The van der Waals surface area contributed by atoms with Crippen molar-refractivity contribution in [3.8, 4) is 6.07 Å². The molecule has 0 atom stereocenters. The van der Waals surface area contributed by atoms with Crippen molar-refractivity contribution in [3.63, 3.8) is 0 Å². The maximum atomic E-state index is 10.7. The highest BCUT2D eigenvalue weighted by molar-refractivity contribution is 7.99. The minimum Gasteiger partial charge on any atom is -0.481 e. The van der Waals surface area contributed by atoms with Crippen molar-refractivity contribution in [2.24, 2.45) is 0 Å². The average molecular weight is 391 g/mol. The summed E-state index contributed by atoms with van der Waals surface area (Å²) in [6.45, 7) is 7.35. The van der Waals surface area contributed by atoms with Gasteiger partial charge in [0.05, 0.1) is 31.0 Å². The van der Waals surface area contributed by atoms with Gasteiger partial charge in [0, 0.05) is 37.2 Å². The second-order valence-corrected chi connectivity index (χ2v) is 8.44. The molecule has 0 unspecified atom stereocenters. The van der Waals surface area contributed by atoms with Crippen LogP contribution in [-0.4, -0.2) is 53.7 Å².